The average Bonchev–Trinajstić information content (AvgIpc) is 2.79. The zero-order valence-corrected chi connectivity index (χ0v) is 14.5. The summed E-state index contributed by atoms with van der Waals surface area (Å²) in [6.45, 7) is 5.15. The summed E-state index contributed by atoms with van der Waals surface area (Å²) in [5.74, 6) is 0. The molecule has 2 rings (SSSR count). The number of hydrogen-bond acceptors (Lipinski definition) is 4. The molecule has 1 saturated heterocycles. The summed E-state index contributed by atoms with van der Waals surface area (Å²) in [6, 6.07) is 0.0397. The number of likely N-dealkylation sites (N-methyl/N-ethyl adjacent to an activating group) is 1. The molecule has 1 aromatic rings. The average molecular weight is 363 g/mol. The fourth-order valence-electron chi connectivity index (χ4n) is 2.66. The van der Waals surface area contributed by atoms with Crippen LogP contribution in [0.1, 0.15) is 19.0 Å². The largest absolute Gasteiger partial charge is 0.379 e. The Morgan fingerprint density at radius 1 is 1.62 bits per heavy atom. The Kier molecular flexibility index (Phi) is 5.76. The second-order valence-electron chi connectivity index (χ2n) is 6.00. The highest BCUT2D eigenvalue weighted by Crippen LogP contribution is 2.35. The monoisotopic (exact) mass is 362 g/mol. The van der Waals surface area contributed by atoms with Crippen molar-refractivity contribution in [1.29, 1.82) is 0 Å². The highest BCUT2D eigenvalue weighted by atomic mass is 79.9. The van der Waals surface area contributed by atoms with Gasteiger partial charge in [0.15, 0.2) is 5.67 Å². The summed E-state index contributed by atoms with van der Waals surface area (Å²) >= 11 is 3.44. The first-order valence-corrected chi connectivity index (χ1v) is 8.06. The van der Waals surface area contributed by atoms with E-state index in [1.807, 2.05) is 14.1 Å². The molecule has 1 fully saturated rings. The lowest BCUT2D eigenvalue weighted by molar-refractivity contribution is 0.0446. The van der Waals surface area contributed by atoms with Crippen LogP contribution in [0.3, 0.4) is 0 Å². The predicted octanol–water partition coefficient (Wildman–Crippen LogP) is 1.77. The van der Waals surface area contributed by atoms with Crippen LogP contribution in [0.2, 0.25) is 0 Å². The van der Waals surface area contributed by atoms with E-state index in [1.165, 1.54) is 0 Å². The van der Waals surface area contributed by atoms with Crippen LogP contribution in [-0.4, -0.2) is 61.1 Å². The maximum atomic E-state index is 15.3. The van der Waals surface area contributed by atoms with Crippen molar-refractivity contribution in [3.8, 4) is 0 Å². The van der Waals surface area contributed by atoms with Gasteiger partial charge in [0, 0.05) is 25.6 Å². The normalized spacial score (nSPS) is 22.5. The molecular formula is C14H24BrFN4O. The van der Waals surface area contributed by atoms with Gasteiger partial charge < -0.3 is 15.0 Å². The van der Waals surface area contributed by atoms with E-state index in [0.717, 1.165) is 17.6 Å². The van der Waals surface area contributed by atoms with E-state index in [9.17, 15) is 0 Å². The highest BCUT2D eigenvalue weighted by Gasteiger charge is 2.35. The van der Waals surface area contributed by atoms with E-state index in [2.05, 4.69) is 31.2 Å². The number of hydrogen-bond donors (Lipinski definition) is 1. The quantitative estimate of drug-likeness (QED) is 0.837. The van der Waals surface area contributed by atoms with Gasteiger partial charge in [0.25, 0.3) is 0 Å². The van der Waals surface area contributed by atoms with Gasteiger partial charge in [-0.3, -0.25) is 4.68 Å². The summed E-state index contributed by atoms with van der Waals surface area (Å²) in [5, 5.41) is 7.61. The molecule has 0 spiro atoms. The number of morpholine rings is 1. The molecule has 0 saturated carbocycles. The SMILES string of the molecule is CN(C)CCn1ncc(Br)c1C(C)(F)CC1COCCN1. The summed E-state index contributed by atoms with van der Waals surface area (Å²) in [6.07, 6.45) is 2.05. The molecule has 1 aliphatic heterocycles. The van der Waals surface area contributed by atoms with Gasteiger partial charge >= 0.3 is 0 Å². The van der Waals surface area contributed by atoms with Gasteiger partial charge in [-0.2, -0.15) is 5.10 Å². The van der Waals surface area contributed by atoms with Crippen molar-refractivity contribution >= 4 is 15.9 Å². The Morgan fingerprint density at radius 2 is 2.38 bits per heavy atom. The van der Waals surface area contributed by atoms with Gasteiger partial charge in [-0.05, 0) is 36.9 Å². The number of nitrogens with zero attached hydrogens (tertiary/aromatic N) is 3. The third kappa shape index (κ3) is 4.48. The second-order valence-corrected chi connectivity index (χ2v) is 6.85. The van der Waals surface area contributed by atoms with Crippen molar-refractivity contribution in [3.63, 3.8) is 0 Å². The molecule has 7 heteroatoms. The van der Waals surface area contributed by atoms with Crippen molar-refractivity contribution in [1.82, 2.24) is 20.0 Å². The van der Waals surface area contributed by atoms with Crippen LogP contribution in [0.4, 0.5) is 4.39 Å². The predicted molar refractivity (Wildman–Crippen MR) is 84.2 cm³/mol. The number of rotatable bonds is 6. The molecule has 120 valence electrons. The fourth-order valence-corrected chi connectivity index (χ4v) is 3.36. The van der Waals surface area contributed by atoms with Crippen LogP contribution in [0, 0.1) is 0 Å². The maximum absolute atomic E-state index is 15.3. The van der Waals surface area contributed by atoms with Gasteiger partial charge in [-0.15, -0.1) is 0 Å². The summed E-state index contributed by atoms with van der Waals surface area (Å²) in [7, 11) is 3.99. The Bertz CT molecular complexity index is 458. The zero-order chi connectivity index (χ0) is 15.5. The molecule has 1 N–H and O–H groups in total. The number of nitrogens with one attached hydrogen (secondary N) is 1. The molecule has 0 aromatic carbocycles. The van der Waals surface area contributed by atoms with Crippen LogP contribution in [-0.2, 0) is 17.0 Å². The molecule has 21 heavy (non-hydrogen) atoms. The molecule has 0 aliphatic carbocycles. The molecule has 0 radical (unpaired) electrons. The zero-order valence-electron chi connectivity index (χ0n) is 12.9. The molecule has 1 aromatic heterocycles. The van der Waals surface area contributed by atoms with E-state index < -0.39 is 5.67 Å². The van der Waals surface area contributed by atoms with Crippen molar-refractivity contribution in [2.24, 2.45) is 0 Å². The van der Waals surface area contributed by atoms with Crippen LogP contribution in [0.5, 0.6) is 0 Å². The van der Waals surface area contributed by atoms with Gasteiger partial charge in [-0.25, -0.2) is 4.39 Å². The summed E-state index contributed by atoms with van der Waals surface area (Å²) in [4.78, 5) is 2.06. The molecule has 1 aliphatic rings. The van der Waals surface area contributed by atoms with Crippen molar-refractivity contribution in [2.75, 3.05) is 40.4 Å². The number of alkyl halides is 1. The van der Waals surface area contributed by atoms with E-state index in [4.69, 9.17) is 4.74 Å². The molecule has 2 heterocycles. The van der Waals surface area contributed by atoms with Gasteiger partial charge in [0.2, 0.25) is 0 Å². The number of halogens is 2. The Labute approximate surface area is 134 Å². The minimum atomic E-state index is -1.46. The van der Waals surface area contributed by atoms with E-state index in [1.54, 1.807) is 17.8 Å². The van der Waals surface area contributed by atoms with Gasteiger partial charge in [0.05, 0.1) is 36.1 Å². The van der Waals surface area contributed by atoms with Crippen LogP contribution in [0.25, 0.3) is 0 Å². The molecular weight excluding hydrogens is 339 g/mol. The minimum Gasteiger partial charge on any atom is -0.379 e. The minimum absolute atomic E-state index is 0.0397. The lowest BCUT2D eigenvalue weighted by atomic mass is 9.95. The molecule has 2 unspecified atom stereocenters. The van der Waals surface area contributed by atoms with E-state index >= 15 is 4.39 Å². The highest BCUT2D eigenvalue weighted by molar-refractivity contribution is 9.10. The number of aromatic nitrogens is 2. The summed E-state index contributed by atoms with van der Waals surface area (Å²) < 4.78 is 23.2. The number of ether oxygens (including phenoxy) is 1. The lowest BCUT2D eigenvalue weighted by Gasteiger charge is -2.30. The first-order chi connectivity index (χ1) is 9.90. The van der Waals surface area contributed by atoms with Crippen LogP contribution < -0.4 is 5.32 Å². The van der Waals surface area contributed by atoms with Crippen molar-refractivity contribution in [3.05, 3.63) is 16.4 Å². The Balaban J connectivity index is 2.11. The van der Waals surface area contributed by atoms with Crippen molar-refractivity contribution < 1.29 is 9.13 Å². The topological polar surface area (TPSA) is 42.3 Å². The van der Waals surface area contributed by atoms with Crippen LogP contribution >= 0.6 is 15.9 Å². The molecule has 0 bridgehead atoms. The molecule has 0 amide bonds. The van der Waals surface area contributed by atoms with Crippen molar-refractivity contribution in [2.45, 2.75) is 31.6 Å². The molecule has 2 atom stereocenters. The third-order valence-corrected chi connectivity index (χ3v) is 4.26. The third-order valence-electron chi connectivity index (χ3n) is 3.68. The fraction of sp³-hybridized carbons (Fsp3) is 0.786. The van der Waals surface area contributed by atoms with E-state index in [-0.39, 0.29) is 6.04 Å². The van der Waals surface area contributed by atoms with Gasteiger partial charge in [0.1, 0.15) is 0 Å². The van der Waals surface area contributed by atoms with Crippen LogP contribution in [0.15, 0.2) is 10.7 Å². The van der Waals surface area contributed by atoms with Gasteiger partial charge in [-0.1, -0.05) is 0 Å². The lowest BCUT2D eigenvalue weighted by Crippen LogP contribution is -2.44. The second kappa shape index (κ2) is 7.17. The Morgan fingerprint density at radius 3 is 3.00 bits per heavy atom. The smallest absolute Gasteiger partial charge is 0.152 e. The standard InChI is InChI=1S/C14H24BrFN4O/c1-14(16,8-11-10-21-7-4-17-11)13-12(15)9-18-20(13)6-5-19(2)3/h9,11,17H,4-8,10H2,1-3H3. The maximum Gasteiger partial charge on any atom is 0.152 e. The first kappa shape index (κ1) is 16.9. The molecule has 5 nitrogen and oxygen atoms in total. The van der Waals surface area contributed by atoms with E-state index in [0.29, 0.717) is 31.9 Å². The summed E-state index contributed by atoms with van der Waals surface area (Å²) in [5.41, 5.74) is -0.850. The first-order valence-electron chi connectivity index (χ1n) is 7.26. The Hall–Kier alpha value is -0.500.